The Morgan fingerprint density at radius 2 is 1.94 bits per heavy atom. The summed E-state index contributed by atoms with van der Waals surface area (Å²) in [6.45, 7) is 0. The van der Waals surface area contributed by atoms with Crippen molar-refractivity contribution in [1.29, 1.82) is 5.26 Å². The van der Waals surface area contributed by atoms with Gasteiger partial charge in [0.15, 0.2) is 11.6 Å². The maximum atomic E-state index is 13.1. The van der Waals surface area contributed by atoms with E-state index in [2.05, 4.69) is 6.07 Å². The highest BCUT2D eigenvalue weighted by Crippen LogP contribution is 2.30. The molecule has 0 radical (unpaired) electrons. The van der Waals surface area contributed by atoms with Crippen LogP contribution in [0.5, 0.6) is 0 Å². The van der Waals surface area contributed by atoms with Gasteiger partial charge in [0.1, 0.15) is 0 Å². The molecule has 1 aliphatic rings. The zero-order valence-corrected chi connectivity index (χ0v) is 10.6. The molecule has 1 aromatic carbocycles. The molecule has 3 unspecified atom stereocenters. The molecule has 96 valence electrons. The molecule has 0 aliphatic heterocycles. The minimum absolute atomic E-state index is 0.257. The molecule has 1 fully saturated rings. The summed E-state index contributed by atoms with van der Waals surface area (Å²) < 4.78 is 38.2. The van der Waals surface area contributed by atoms with Crippen LogP contribution in [0.15, 0.2) is 23.1 Å². The standard InChI is InChI=1S/C13H13F2NOS/c14-11-6-5-10(7-12(11)15)18(17)13-4-2-1-3-9(13)8-16/h5-7,9,13H,1-4H2. The summed E-state index contributed by atoms with van der Waals surface area (Å²) in [5.74, 6) is -2.20. The van der Waals surface area contributed by atoms with Crippen molar-refractivity contribution in [2.75, 3.05) is 0 Å². The van der Waals surface area contributed by atoms with E-state index >= 15 is 0 Å². The van der Waals surface area contributed by atoms with E-state index in [1.54, 1.807) is 0 Å². The lowest BCUT2D eigenvalue weighted by Gasteiger charge is -2.25. The normalized spacial score (nSPS) is 25.4. The first-order valence-electron chi connectivity index (χ1n) is 5.88. The van der Waals surface area contributed by atoms with Crippen molar-refractivity contribution in [1.82, 2.24) is 0 Å². The lowest BCUT2D eigenvalue weighted by atomic mass is 9.90. The van der Waals surface area contributed by atoms with Gasteiger partial charge in [-0.2, -0.15) is 5.26 Å². The molecule has 2 rings (SSSR count). The van der Waals surface area contributed by atoms with Gasteiger partial charge in [-0.1, -0.05) is 12.8 Å². The molecule has 1 aliphatic carbocycles. The Kier molecular flexibility index (Phi) is 4.07. The number of hydrogen-bond donors (Lipinski definition) is 0. The van der Waals surface area contributed by atoms with Crippen LogP contribution in [0.25, 0.3) is 0 Å². The topological polar surface area (TPSA) is 40.9 Å². The van der Waals surface area contributed by atoms with Gasteiger partial charge in [-0.15, -0.1) is 0 Å². The molecule has 18 heavy (non-hydrogen) atoms. The van der Waals surface area contributed by atoms with E-state index in [4.69, 9.17) is 5.26 Å². The minimum atomic E-state index is -1.45. The second-order valence-corrected chi connectivity index (χ2v) is 6.10. The number of benzene rings is 1. The van der Waals surface area contributed by atoms with Crippen molar-refractivity contribution >= 4 is 10.8 Å². The Morgan fingerprint density at radius 1 is 1.22 bits per heavy atom. The van der Waals surface area contributed by atoms with Crippen molar-refractivity contribution in [3.05, 3.63) is 29.8 Å². The SMILES string of the molecule is N#CC1CCCCC1S(=O)c1ccc(F)c(F)c1. The van der Waals surface area contributed by atoms with Crippen LogP contribution >= 0.6 is 0 Å². The molecule has 0 N–H and O–H groups in total. The zero-order valence-electron chi connectivity index (χ0n) is 9.73. The molecule has 0 saturated heterocycles. The number of nitriles is 1. The molecule has 0 bridgehead atoms. The number of halogens is 2. The third-order valence-corrected chi connectivity index (χ3v) is 5.10. The Balaban J connectivity index is 2.24. The molecule has 0 aromatic heterocycles. The molecule has 1 saturated carbocycles. The first kappa shape index (κ1) is 13.2. The van der Waals surface area contributed by atoms with Gasteiger partial charge in [-0.3, -0.25) is 4.21 Å². The molecule has 2 nitrogen and oxygen atoms in total. The van der Waals surface area contributed by atoms with Crippen molar-refractivity contribution in [2.45, 2.75) is 35.8 Å². The highest BCUT2D eigenvalue weighted by molar-refractivity contribution is 7.85. The van der Waals surface area contributed by atoms with Gasteiger partial charge in [-0.25, -0.2) is 8.78 Å². The van der Waals surface area contributed by atoms with Crippen molar-refractivity contribution in [3.8, 4) is 6.07 Å². The lowest BCUT2D eigenvalue weighted by Crippen LogP contribution is -2.28. The van der Waals surface area contributed by atoms with E-state index in [9.17, 15) is 13.0 Å². The monoisotopic (exact) mass is 269 g/mol. The average molecular weight is 269 g/mol. The van der Waals surface area contributed by atoms with E-state index in [1.165, 1.54) is 6.07 Å². The van der Waals surface area contributed by atoms with Crippen LogP contribution in [-0.4, -0.2) is 9.46 Å². The van der Waals surface area contributed by atoms with Crippen LogP contribution in [0.4, 0.5) is 8.78 Å². The van der Waals surface area contributed by atoms with Crippen LogP contribution in [0.3, 0.4) is 0 Å². The van der Waals surface area contributed by atoms with Crippen molar-refractivity contribution in [2.24, 2.45) is 5.92 Å². The first-order chi connectivity index (χ1) is 8.63. The second kappa shape index (κ2) is 5.57. The van der Waals surface area contributed by atoms with E-state index < -0.39 is 22.4 Å². The van der Waals surface area contributed by atoms with Crippen LogP contribution in [0, 0.1) is 28.9 Å². The van der Waals surface area contributed by atoms with Crippen LogP contribution in [0.1, 0.15) is 25.7 Å². The zero-order chi connectivity index (χ0) is 13.1. The molecular formula is C13H13F2NOS. The van der Waals surface area contributed by atoms with E-state index in [-0.39, 0.29) is 16.1 Å². The van der Waals surface area contributed by atoms with Crippen LogP contribution in [-0.2, 0) is 10.8 Å². The van der Waals surface area contributed by atoms with Crippen molar-refractivity contribution < 1.29 is 13.0 Å². The lowest BCUT2D eigenvalue weighted by molar-refractivity contribution is 0.431. The van der Waals surface area contributed by atoms with E-state index in [0.717, 1.165) is 31.4 Å². The fraction of sp³-hybridized carbons (Fsp3) is 0.462. The average Bonchev–Trinajstić information content (AvgIpc) is 2.41. The summed E-state index contributed by atoms with van der Waals surface area (Å²) in [4.78, 5) is 0.265. The molecule has 1 aromatic rings. The molecule has 0 amide bonds. The Morgan fingerprint density at radius 3 is 2.61 bits per heavy atom. The minimum Gasteiger partial charge on any atom is -0.254 e. The van der Waals surface area contributed by atoms with Crippen LogP contribution < -0.4 is 0 Å². The number of rotatable bonds is 2. The van der Waals surface area contributed by atoms with Gasteiger partial charge in [0.25, 0.3) is 0 Å². The Labute approximate surface area is 107 Å². The largest absolute Gasteiger partial charge is 0.254 e. The van der Waals surface area contributed by atoms with Gasteiger partial charge in [0, 0.05) is 4.90 Å². The predicted octanol–water partition coefficient (Wildman–Crippen LogP) is 3.15. The summed E-state index contributed by atoms with van der Waals surface area (Å²) in [5, 5.41) is 8.77. The third kappa shape index (κ3) is 2.59. The maximum Gasteiger partial charge on any atom is 0.160 e. The summed E-state index contributed by atoms with van der Waals surface area (Å²) in [7, 11) is -1.45. The van der Waals surface area contributed by atoms with Gasteiger partial charge in [0.05, 0.1) is 28.0 Å². The van der Waals surface area contributed by atoms with E-state index in [0.29, 0.717) is 6.42 Å². The predicted molar refractivity (Wildman–Crippen MR) is 64.1 cm³/mol. The summed E-state index contributed by atoms with van der Waals surface area (Å²) in [5.41, 5.74) is 0. The fourth-order valence-corrected chi connectivity index (χ4v) is 3.93. The quantitative estimate of drug-likeness (QED) is 0.827. The first-order valence-corrected chi connectivity index (χ1v) is 7.10. The number of hydrogen-bond acceptors (Lipinski definition) is 2. The highest BCUT2D eigenvalue weighted by atomic mass is 32.2. The van der Waals surface area contributed by atoms with E-state index in [1.807, 2.05) is 0 Å². The van der Waals surface area contributed by atoms with Gasteiger partial charge >= 0.3 is 0 Å². The summed E-state index contributed by atoms with van der Waals surface area (Å²) in [6.07, 6.45) is 3.32. The fourth-order valence-electron chi connectivity index (χ4n) is 2.28. The second-order valence-electron chi connectivity index (χ2n) is 4.43. The summed E-state index contributed by atoms with van der Waals surface area (Å²) >= 11 is 0. The summed E-state index contributed by atoms with van der Waals surface area (Å²) in [6, 6.07) is 5.45. The Hall–Kier alpha value is -1.28. The Bertz CT molecular complexity index is 512. The molecule has 0 spiro atoms. The van der Waals surface area contributed by atoms with Gasteiger partial charge in [-0.05, 0) is 31.0 Å². The molecule has 3 atom stereocenters. The van der Waals surface area contributed by atoms with Gasteiger partial charge in [0.2, 0.25) is 0 Å². The van der Waals surface area contributed by atoms with Crippen molar-refractivity contribution in [3.63, 3.8) is 0 Å². The number of nitrogens with zero attached hydrogens (tertiary/aromatic N) is 1. The van der Waals surface area contributed by atoms with Gasteiger partial charge < -0.3 is 0 Å². The highest BCUT2D eigenvalue weighted by Gasteiger charge is 2.30. The van der Waals surface area contributed by atoms with Crippen LogP contribution in [0.2, 0.25) is 0 Å². The molecular weight excluding hydrogens is 256 g/mol. The third-order valence-electron chi connectivity index (χ3n) is 3.27. The smallest absolute Gasteiger partial charge is 0.160 e. The maximum absolute atomic E-state index is 13.1. The molecule has 5 heteroatoms. The molecule has 0 heterocycles.